The molecular weight excluding hydrogens is 217 g/mol. The smallest absolute Gasteiger partial charge is 0.128 e. The number of nitrogen functional groups attached to an aromatic ring is 1. The van der Waals surface area contributed by atoms with E-state index in [1.165, 1.54) is 6.07 Å². The number of nitrogens with one attached hydrogen (secondary N) is 1. The molecule has 1 aromatic rings. The van der Waals surface area contributed by atoms with Gasteiger partial charge in [-0.3, -0.25) is 0 Å². The number of hydrogen-bond donors (Lipinski definition) is 2. The highest BCUT2D eigenvalue weighted by Crippen LogP contribution is 2.22. The quantitative estimate of drug-likeness (QED) is 0.776. The van der Waals surface area contributed by atoms with Gasteiger partial charge in [-0.05, 0) is 45.5 Å². The molecule has 0 spiro atoms. The molecule has 0 aliphatic carbocycles. The Bertz CT molecular complexity index is 377. The molecule has 96 valence electrons. The first-order chi connectivity index (χ1) is 7.91. The van der Waals surface area contributed by atoms with Gasteiger partial charge in [-0.15, -0.1) is 0 Å². The number of likely N-dealkylation sites (N-methyl/N-ethyl adjacent to an activating group) is 1. The van der Waals surface area contributed by atoms with Gasteiger partial charge in [0.1, 0.15) is 5.82 Å². The van der Waals surface area contributed by atoms with E-state index in [0.717, 1.165) is 18.8 Å². The van der Waals surface area contributed by atoms with Crippen LogP contribution in [-0.2, 0) is 0 Å². The van der Waals surface area contributed by atoms with E-state index < -0.39 is 0 Å². The molecule has 0 atom stereocenters. The average molecular weight is 239 g/mol. The third-order valence-corrected chi connectivity index (χ3v) is 2.99. The number of benzene rings is 1. The van der Waals surface area contributed by atoms with Gasteiger partial charge in [0.05, 0.1) is 11.4 Å². The van der Waals surface area contributed by atoms with Gasteiger partial charge in [-0.25, -0.2) is 4.39 Å². The van der Waals surface area contributed by atoms with E-state index in [9.17, 15) is 4.39 Å². The average Bonchev–Trinajstić information content (AvgIpc) is 2.25. The maximum atomic E-state index is 13.2. The van der Waals surface area contributed by atoms with E-state index in [4.69, 9.17) is 5.73 Å². The van der Waals surface area contributed by atoms with Crippen LogP contribution in [0.25, 0.3) is 0 Å². The van der Waals surface area contributed by atoms with Gasteiger partial charge in [0.15, 0.2) is 0 Å². The summed E-state index contributed by atoms with van der Waals surface area (Å²) < 4.78 is 13.2. The molecular formula is C13H22FN3. The Morgan fingerprint density at radius 2 is 2.06 bits per heavy atom. The van der Waals surface area contributed by atoms with Crippen LogP contribution in [-0.4, -0.2) is 31.1 Å². The molecule has 0 aliphatic rings. The lowest BCUT2D eigenvalue weighted by Gasteiger charge is -2.21. The van der Waals surface area contributed by atoms with Crippen molar-refractivity contribution in [2.24, 2.45) is 0 Å². The van der Waals surface area contributed by atoms with Crippen LogP contribution < -0.4 is 11.1 Å². The summed E-state index contributed by atoms with van der Waals surface area (Å²) >= 11 is 0. The third-order valence-electron chi connectivity index (χ3n) is 2.99. The summed E-state index contributed by atoms with van der Waals surface area (Å²) in [6.45, 7) is 7.75. The summed E-state index contributed by atoms with van der Waals surface area (Å²) in [5.74, 6) is -0.257. The van der Waals surface area contributed by atoms with Crippen molar-refractivity contribution in [3.63, 3.8) is 0 Å². The fourth-order valence-corrected chi connectivity index (χ4v) is 1.48. The number of halogens is 1. The molecule has 4 heteroatoms. The zero-order chi connectivity index (χ0) is 13.0. The zero-order valence-corrected chi connectivity index (χ0v) is 11.0. The highest BCUT2D eigenvalue weighted by Gasteiger charge is 2.06. The molecule has 17 heavy (non-hydrogen) atoms. The molecule has 0 heterocycles. The van der Waals surface area contributed by atoms with Crippen LogP contribution in [0, 0.1) is 12.7 Å². The Kier molecular flexibility index (Phi) is 4.75. The topological polar surface area (TPSA) is 41.3 Å². The molecule has 0 bridgehead atoms. The van der Waals surface area contributed by atoms with Crippen molar-refractivity contribution < 1.29 is 4.39 Å². The summed E-state index contributed by atoms with van der Waals surface area (Å²) in [4.78, 5) is 2.24. The maximum Gasteiger partial charge on any atom is 0.128 e. The second kappa shape index (κ2) is 5.87. The molecule has 0 radical (unpaired) electrons. The second-order valence-corrected chi connectivity index (χ2v) is 4.69. The highest BCUT2D eigenvalue weighted by atomic mass is 19.1. The van der Waals surface area contributed by atoms with Gasteiger partial charge in [0, 0.05) is 19.1 Å². The van der Waals surface area contributed by atoms with Crippen molar-refractivity contribution in [2.75, 3.05) is 31.2 Å². The van der Waals surface area contributed by atoms with Crippen molar-refractivity contribution in [2.45, 2.75) is 26.8 Å². The van der Waals surface area contributed by atoms with Crippen LogP contribution in [0.15, 0.2) is 12.1 Å². The minimum absolute atomic E-state index is 0.257. The molecule has 1 rings (SSSR count). The number of anilines is 2. The van der Waals surface area contributed by atoms with Crippen LogP contribution >= 0.6 is 0 Å². The predicted molar refractivity (Wildman–Crippen MR) is 71.8 cm³/mol. The van der Waals surface area contributed by atoms with Crippen LogP contribution in [0.5, 0.6) is 0 Å². The molecule has 0 amide bonds. The Morgan fingerprint density at radius 3 is 2.65 bits per heavy atom. The van der Waals surface area contributed by atoms with Gasteiger partial charge in [0.25, 0.3) is 0 Å². The number of nitrogens with two attached hydrogens (primary N) is 1. The Morgan fingerprint density at radius 1 is 1.41 bits per heavy atom. The summed E-state index contributed by atoms with van der Waals surface area (Å²) in [5.41, 5.74) is 7.63. The van der Waals surface area contributed by atoms with Gasteiger partial charge in [-0.1, -0.05) is 0 Å². The van der Waals surface area contributed by atoms with Gasteiger partial charge in [-0.2, -0.15) is 0 Å². The number of nitrogens with zero attached hydrogens (tertiary/aromatic N) is 1. The van der Waals surface area contributed by atoms with E-state index >= 15 is 0 Å². The predicted octanol–water partition coefficient (Wildman–Crippen LogP) is 2.47. The summed E-state index contributed by atoms with van der Waals surface area (Å²) in [5, 5.41) is 3.23. The Hall–Kier alpha value is -1.29. The van der Waals surface area contributed by atoms with Crippen molar-refractivity contribution in [1.82, 2.24) is 4.90 Å². The molecule has 1 aromatic carbocycles. The third kappa shape index (κ3) is 3.89. The SMILES string of the molecule is Cc1cc(NCCN(C)C(C)C)c(N)cc1F. The van der Waals surface area contributed by atoms with Crippen LogP contribution in [0.4, 0.5) is 15.8 Å². The number of rotatable bonds is 5. The number of aryl methyl sites for hydroxylation is 1. The molecule has 3 nitrogen and oxygen atoms in total. The van der Waals surface area contributed by atoms with E-state index in [1.807, 2.05) is 0 Å². The Labute approximate surface area is 103 Å². The zero-order valence-electron chi connectivity index (χ0n) is 11.0. The lowest BCUT2D eigenvalue weighted by Crippen LogP contribution is -2.31. The van der Waals surface area contributed by atoms with Crippen LogP contribution in [0.3, 0.4) is 0 Å². The van der Waals surface area contributed by atoms with Crippen molar-refractivity contribution in [3.8, 4) is 0 Å². The Balaban J connectivity index is 2.55. The van der Waals surface area contributed by atoms with E-state index in [1.54, 1.807) is 13.0 Å². The summed E-state index contributed by atoms with van der Waals surface area (Å²) in [6, 6.07) is 3.63. The normalized spacial score (nSPS) is 11.2. The van der Waals surface area contributed by atoms with Gasteiger partial charge < -0.3 is 16.0 Å². The van der Waals surface area contributed by atoms with E-state index in [2.05, 4.69) is 31.1 Å². The lowest BCUT2D eigenvalue weighted by atomic mass is 10.2. The largest absolute Gasteiger partial charge is 0.397 e. The number of hydrogen-bond acceptors (Lipinski definition) is 3. The van der Waals surface area contributed by atoms with Gasteiger partial charge in [0.2, 0.25) is 0 Å². The van der Waals surface area contributed by atoms with Crippen molar-refractivity contribution in [1.29, 1.82) is 0 Å². The minimum atomic E-state index is -0.257. The molecule has 0 unspecified atom stereocenters. The molecule has 0 aliphatic heterocycles. The molecule has 0 saturated carbocycles. The fraction of sp³-hybridized carbons (Fsp3) is 0.538. The van der Waals surface area contributed by atoms with E-state index in [0.29, 0.717) is 17.3 Å². The maximum absolute atomic E-state index is 13.2. The van der Waals surface area contributed by atoms with Crippen LogP contribution in [0.2, 0.25) is 0 Å². The second-order valence-electron chi connectivity index (χ2n) is 4.69. The molecule has 0 fully saturated rings. The van der Waals surface area contributed by atoms with Gasteiger partial charge >= 0.3 is 0 Å². The minimum Gasteiger partial charge on any atom is -0.397 e. The van der Waals surface area contributed by atoms with Crippen molar-refractivity contribution >= 4 is 11.4 Å². The summed E-state index contributed by atoms with van der Waals surface area (Å²) in [6.07, 6.45) is 0. The van der Waals surface area contributed by atoms with E-state index in [-0.39, 0.29) is 5.82 Å². The molecule has 0 aromatic heterocycles. The monoisotopic (exact) mass is 239 g/mol. The first kappa shape index (κ1) is 13.8. The molecule has 0 saturated heterocycles. The molecule has 3 N–H and O–H groups in total. The first-order valence-electron chi connectivity index (χ1n) is 5.91. The summed E-state index contributed by atoms with van der Waals surface area (Å²) in [7, 11) is 2.08. The van der Waals surface area contributed by atoms with Crippen LogP contribution in [0.1, 0.15) is 19.4 Å². The lowest BCUT2D eigenvalue weighted by molar-refractivity contribution is 0.284. The standard InChI is InChI=1S/C13H22FN3/c1-9(2)17(4)6-5-16-13-7-10(3)11(14)8-12(13)15/h7-9,16H,5-6,15H2,1-4H3. The first-order valence-corrected chi connectivity index (χ1v) is 5.91. The van der Waals surface area contributed by atoms with Crippen molar-refractivity contribution in [3.05, 3.63) is 23.5 Å². The fourth-order valence-electron chi connectivity index (χ4n) is 1.48. The highest BCUT2D eigenvalue weighted by molar-refractivity contribution is 5.67.